The molecule has 0 fully saturated rings. The minimum absolute atomic E-state index is 0.223. The number of hydrazine groups is 1. The average molecular weight is 366 g/mol. The number of benzene rings is 2. The van der Waals surface area contributed by atoms with Crippen LogP contribution in [0, 0.1) is 13.8 Å². The molecule has 0 saturated carbocycles. The van der Waals surface area contributed by atoms with Gasteiger partial charge in [-0.3, -0.25) is 20.4 Å². The molecule has 1 heterocycles. The van der Waals surface area contributed by atoms with Crippen LogP contribution >= 0.6 is 0 Å². The molecule has 0 radical (unpaired) electrons. The van der Waals surface area contributed by atoms with Crippen molar-refractivity contribution in [2.75, 3.05) is 6.61 Å². The molecule has 9 nitrogen and oxygen atoms in total. The summed E-state index contributed by atoms with van der Waals surface area (Å²) in [6.07, 6.45) is 1.38. The zero-order chi connectivity index (χ0) is 19.2. The largest absolute Gasteiger partial charge is 0.483 e. The number of hydrogen-bond acceptors (Lipinski definition) is 6. The second-order valence-corrected chi connectivity index (χ2v) is 5.83. The lowest BCUT2D eigenvalue weighted by Gasteiger charge is -2.12. The van der Waals surface area contributed by atoms with Gasteiger partial charge in [-0.15, -0.1) is 5.10 Å². The van der Waals surface area contributed by atoms with Gasteiger partial charge in [0.1, 0.15) is 12.1 Å². The number of amides is 2. The molecule has 2 amide bonds. The first-order valence-corrected chi connectivity index (χ1v) is 8.16. The lowest BCUT2D eigenvalue weighted by molar-refractivity contribution is -0.123. The van der Waals surface area contributed by atoms with Gasteiger partial charge in [0.2, 0.25) is 0 Å². The van der Waals surface area contributed by atoms with Gasteiger partial charge in [0, 0.05) is 0 Å². The standard InChI is InChI=1S/C18H18N6O3/c1-12-7-8-13(2)16(9-12)27-10-17(25)20-21-18(26)14-5-3-4-6-15(14)24-11-19-22-23-24/h3-9,11H,10H2,1-2H3,(H,20,25)(H,21,26). The van der Waals surface area contributed by atoms with Crippen molar-refractivity contribution in [1.29, 1.82) is 0 Å². The van der Waals surface area contributed by atoms with Crippen molar-refractivity contribution in [3.8, 4) is 11.4 Å². The maximum atomic E-state index is 12.4. The van der Waals surface area contributed by atoms with Gasteiger partial charge >= 0.3 is 0 Å². The molecule has 0 atom stereocenters. The highest BCUT2D eigenvalue weighted by Crippen LogP contribution is 2.18. The summed E-state index contributed by atoms with van der Waals surface area (Å²) in [5, 5.41) is 10.9. The zero-order valence-electron chi connectivity index (χ0n) is 14.8. The highest BCUT2D eigenvalue weighted by atomic mass is 16.5. The fraction of sp³-hybridized carbons (Fsp3) is 0.167. The van der Waals surface area contributed by atoms with Crippen molar-refractivity contribution in [1.82, 2.24) is 31.1 Å². The van der Waals surface area contributed by atoms with Crippen LogP contribution in [0.15, 0.2) is 48.8 Å². The Morgan fingerprint density at radius 3 is 2.70 bits per heavy atom. The van der Waals surface area contributed by atoms with E-state index in [1.54, 1.807) is 24.3 Å². The normalized spacial score (nSPS) is 10.3. The van der Waals surface area contributed by atoms with E-state index in [2.05, 4.69) is 26.4 Å². The number of tetrazole rings is 1. The molecular weight excluding hydrogens is 348 g/mol. The summed E-state index contributed by atoms with van der Waals surface area (Å²) in [7, 11) is 0. The van der Waals surface area contributed by atoms with Crippen LogP contribution in [0.1, 0.15) is 21.5 Å². The average Bonchev–Trinajstić information content (AvgIpc) is 3.21. The Hall–Kier alpha value is -3.75. The minimum atomic E-state index is -0.499. The third kappa shape index (κ3) is 4.46. The predicted octanol–water partition coefficient (Wildman–Crippen LogP) is 1.12. The lowest BCUT2D eigenvalue weighted by atomic mass is 10.1. The van der Waals surface area contributed by atoms with Crippen molar-refractivity contribution in [2.45, 2.75) is 13.8 Å². The van der Waals surface area contributed by atoms with Crippen LogP contribution in [0.25, 0.3) is 5.69 Å². The predicted molar refractivity (Wildman–Crippen MR) is 96.2 cm³/mol. The summed E-state index contributed by atoms with van der Waals surface area (Å²) in [4.78, 5) is 24.4. The molecule has 0 spiro atoms. The fourth-order valence-corrected chi connectivity index (χ4v) is 2.37. The molecular formula is C18H18N6O3. The molecule has 138 valence electrons. The molecule has 1 aromatic heterocycles. The molecule has 2 N–H and O–H groups in total. The van der Waals surface area contributed by atoms with Crippen LogP contribution in [-0.2, 0) is 4.79 Å². The van der Waals surface area contributed by atoms with E-state index in [4.69, 9.17) is 4.74 Å². The first-order valence-electron chi connectivity index (χ1n) is 8.16. The van der Waals surface area contributed by atoms with Crippen LogP contribution in [0.3, 0.4) is 0 Å². The summed E-state index contributed by atoms with van der Waals surface area (Å²) in [5.74, 6) is -0.356. The van der Waals surface area contributed by atoms with Crippen molar-refractivity contribution in [3.63, 3.8) is 0 Å². The summed E-state index contributed by atoms with van der Waals surface area (Å²) < 4.78 is 6.87. The maximum Gasteiger partial charge on any atom is 0.276 e. The van der Waals surface area contributed by atoms with E-state index in [-0.39, 0.29) is 6.61 Å². The van der Waals surface area contributed by atoms with Gasteiger partial charge < -0.3 is 4.74 Å². The Morgan fingerprint density at radius 1 is 1.11 bits per heavy atom. The van der Waals surface area contributed by atoms with Crippen LogP contribution in [0.2, 0.25) is 0 Å². The Bertz CT molecular complexity index is 955. The highest BCUT2D eigenvalue weighted by Gasteiger charge is 2.14. The minimum Gasteiger partial charge on any atom is -0.483 e. The Kier molecular flexibility index (Phi) is 5.41. The van der Waals surface area contributed by atoms with Crippen LogP contribution < -0.4 is 15.6 Å². The number of carbonyl (C=O) groups is 2. The molecule has 2 aromatic carbocycles. The van der Waals surface area contributed by atoms with E-state index in [1.165, 1.54) is 11.0 Å². The lowest BCUT2D eigenvalue weighted by Crippen LogP contribution is -2.44. The smallest absolute Gasteiger partial charge is 0.276 e. The molecule has 0 aliphatic heterocycles. The Balaban J connectivity index is 1.58. The third-order valence-corrected chi connectivity index (χ3v) is 3.76. The number of nitrogens with one attached hydrogen (secondary N) is 2. The van der Waals surface area contributed by atoms with E-state index < -0.39 is 11.8 Å². The van der Waals surface area contributed by atoms with E-state index in [0.717, 1.165) is 11.1 Å². The van der Waals surface area contributed by atoms with Gasteiger partial charge in [-0.25, -0.2) is 0 Å². The summed E-state index contributed by atoms with van der Waals surface area (Å²) in [6.45, 7) is 3.61. The maximum absolute atomic E-state index is 12.4. The first kappa shape index (κ1) is 18.1. The molecule has 3 aromatic rings. The number of para-hydroxylation sites is 1. The van der Waals surface area contributed by atoms with Crippen LogP contribution in [0.4, 0.5) is 0 Å². The molecule has 0 bridgehead atoms. The van der Waals surface area contributed by atoms with Crippen molar-refractivity contribution < 1.29 is 14.3 Å². The Labute approximate surface area is 155 Å². The topological polar surface area (TPSA) is 111 Å². The van der Waals surface area contributed by atoms with Gasteiger partial charge in [-0.2, -0.15) is 4.68 Å². The number of rotatable bonds is 5. The molecule has 0 aliphatic carbocycles. The van der Waals surface area contributed by atoms with Crippen LogP contribution in [-0.4, -0.2) is 38.6 Å². The first-order chi connectivity index (χ1) is 13.0. The van der Waals surface area contributed by atoms with Gasteiger partial charge in [0.25, 0.3) is 11.8 Å². The van der Waals surface area contributed by atoms with E-state index in [1.807, 2.05) is 32.0 Å². The number of aryl methyl sites for hydroxylation is 2. The van der Waals surface area contributed by atoms with E-state index in [0.29, 0.717) is 17.0 Å². The summed E-state index contributed by atoms with van der Waals surface area (Å²) >= 11 is 0. The van der Waals surface area contributed by atoms with Crippen molar-refractivity contribution in [2.24, 2.45) is 0 Å². The van der Waals surface area contributed by atoms with Gasteiger partial charge in [0.05, 0.1) is 11.3 Å². The number of nitrogens with zero attached hydrogens (tertiary/aromatic N) is 4. The molecule has 0 aliphatic rings. The SMILES string of the molecule is Cc1ccc(C)c(OCC(=O)NNC(=O)c2ccccc2-n2cnnn2)c1. The van der Waals surface area contributed by atoms with E-state index in [9.17, 15) is 9.59 Å². The highest BCUT2D eigenvalue weighted by molar-refractivity contribution is 5.98. The monoisotopic (exact) mass is 366 g/mol. The summed E-state index contributed by atoms with van der Waals surface area (Å²) in [5.41, 5.74) is 7.44. The van der Waals surface area contributed by atoms with Crippen molar-refractivity contribution in [3.05, 3.63) is 65.5 Å². The second kappa shape index (κ2) is 8.09. The third-order valence-electron chi connectivity index (χ3n) is 3.76. The van der Waals surface area contributed by atoms with Gasteiger partial charge in [0.15, 0.2) is 6.61 Å². The molecule has 27 heavy (non-hydrogen) atoms. The molecule has 0 saturated heterocycles. The number of hydrogen-bond donors (Lipinski definition) is 2. The molecule has 0 unspecified atom stereocenters. The number of ether oxygens (including phenoxy) is 1. The number of aromatic nitrogens is 4. The van der Waals surface area contributed by atoms with Gasteiger partial charge in [-0.05, 0) is 53.6 Å². The summed E-state index contributed by atoms with van der Waals surface area (Å²) in [6, 6.07) is 12.5. The van der Waals surface area contributed by atoms with Crippen LogP contribution in [0.5, 0.6) is 5.75 Å². The van der Waals surface area contributed by atoms with Gasteiger partial charge in [-0.1, -0.05) is 24.3 Å². The molecule has 3 rings (SSSR count). The second-order valence-electron chi connectivity index (χ2n) is 5.83. The quantitative estimate of drug-likeness (QED) is 0.655. The zero-order valence-corrected chi connectivity index (χ0v) is 14.8. The number of carbonyl (C=O) groups excluding carboxylic acids is 2. The fourth-order valence-electron chi connectivity index (χ4n) is 2.37. The molecule has 9 heteroatoms. The van der Waals surface area contributed by atoms with E-state index >= 15 is 0 Å². The van der Waals surface area contributed by atoms with Crippen molar-refractivity contribution >= 4 is 11.8 Å². The Morgan fingerprint density at radius 2 is 1.93 bits per heavy atom.